The van der Waals surface area contributed by atoms with E-state index in [4.69, 9.17) is 10.8 Å². The summed E-state index contributed by atoms with van der Waals surface area (Å²) in [6.45, 7) is 3.78. The first-order valence-electron chi connectivity index (χ1n) is 4.82. The van der Waals surface area contributed by atoms with Crippen LogP contribution >= 0.6 is 15.9 Å². The highest BCUT2D eigenvalue weighted by Crippen LogP contribution is 2.28. The number of nitrogens with two attached hydrogens (primary N) is 1. The van der Waals surface area contributed by atoms with Crippen LogP contribution in [0, 0.1) is 5.82 Å². The van der Waals surface area contributed by atoms with Gasteiger partial charge in [-0.25, -0.2) is 4.39 Å². The van der Waals surface area contributed by atoms with Crippen LogP contribution in [0.4, 0.5) is 4.39 Å². The van der Waals surface area contributed by atoms with Gasteiger partial charge in [0.15, 0.2) is 0 Å². The van der Waals surface area contributed by atoms with E-state index in [-0.39, 0.29) is 12.4 Å². The number of benzene rings is 1. The van der Waals surface area contributed by atoms with Crippen molar-refractivity contribution in [1.82, 2.24) is 0 Å². The molecule has 0 bridgehead atoms. The first-order valence-corrected chi connectivity index (χ1v) is 5.62. The van der Waals surface area contributed by atoms with Crippen LogP contribution in [0.5, 0.6) is 0 Å². The van der Waals surface area contributed by atoms with Crippen molar-refractivity contribution in [2.24, 2.45) is 5.73 Å². The van der Waals surface area contributed by atoms with Crippen molar-refractivity contribution >= 4 is 15.9 Å². The van der Waals surface area contributed by atoms with Crippen molar-refractivity contribution in [2.45, 2.75) is 25.8 Å². The summed E-state index contributed by atoms with van der Waals surface area (Å²) in [5, 5.41) is 8.93. The fourth-order valence-corrected chi connectivity index (χ4v) is 1.83. The van der Waals surface area contributed by atoms with Crippen LogP contribution in [0.2, 0.25) is 0 Å². The molecule has 0 saturated heterocycles. The van der Waals surface area contributed by atoms with Gasteiger partial charge in [0.1, 0.15) is 5.82 Å². The van der Waals surface area contributed by atoms with Crippen LogP contribution in [0.3, 0.4) is 0 Å². The van der Waals surface area contributed by atoms with Crippen LogP contribution in [0.25, 0.3) is 0 Å². The minimum absolute atomic E-state index is 0.259. The third-order valence-corrected chi connectivity index (χ3v) is 2.92. The Balaban J connectivity index is 3.25. The minimum Gasteiger partial charge on any atom is -0.394 e. The summed E-state index contributed by atoms with van der Waals surface area (Å²) >= 11 is 3.15. The number of aliphatic hydroxyl groups is 1. The SMILES string of the molecule is CC(C)c1cc(Br)c(F)c(C(N)CO)c1. The minimum atomic E-state index is -0.667. The Morgan fingerprint density at radius 1 is 1.47 bits per heavy atom. The monoisotopic (exact) mass is 275 g/mol. The number of hydrogen-bond acceptors (Lipinski definition) is 2. The normalized spacial score (nSPS) is 13.3. The van der Waals surface area contributed by atoms with E-state index >= 15 is 0 Å². The molecule has 2 nitrogen and oxygen atoms in total. The molecular formula is C11H15BrFNO. The van der Waals surface area contributed by atoms with Crippen molar-refractivity contribution < 1.29 is 9.50 Å². The molecule has 1 unspecified atom stereocenters. The molecule has 1 aromatic carbocycles. The molecule has 0 radical (unpaired) electrons. The Morgan fingerprint density at radius 2 is 2.07 bits per heavy atom. The highest BCUT2D eigenvalue weighted by Gasteiger charge is 2.15. The fraction of sp³-hybridized carbons (Fsp3) is 0.455. The maximum Gasteiger partial charge on any atom is 0.142 e. The summed E-state index contributed by atoms with van der Waals surface area (Å²) in [6, 6.07) is 2.79. The van der Waals surface area contributed by atoms with Gasteiger partial charge in [-0.05, 0) is 33.5 Å². The predicted octanol–water partition coefficient (Wildman–Crippen LogP) is 2.70. The Kier molecular flexibility index (Phi) is 4.25. The molecular weight excluding hydrogens is 261 g/mol. The first-order chi connectivity index (χ1) is 6.97. The lowest BCUT2D eigenvalue weighted by atomic mass is 9.98. The molecule has 15 heavy (non-hydrogen) atoms. The molecule has 0 spiro atoms. The van der Waals surface area contributed by atoms with E-state index in [2.05, 4.69) is 15.9 Å². The largest absolute Gasteiger partial charge is 0.394 e. The van der Waals surface area contributed by atoms with Gasteiger partial charge in [0, 0.05) is 5.56 Å². The van der Waals surface area contributed by atoms with E-state index < -0.39 is 6.04 Å². The maximum absolute atomic E-state index is 13.6. The van der Waals surface area contributed by atoms with Crippen LogP contribution in [0.1, 0.15) is 36.9 Å². The van der Waals surface area contributed by atoms with Gasteiger partial charge in [-0.1, -0.05) is 19.9 Å². The first kappa shape index (κ1) is 12.6. The Hall–Kier alpha value is -0.450. The molecule has 1 aromatic rings. The highest BCUT2D eigenvalue weighted by molar-refractivity contribution is 9.10. The zero-order valence-corrected chi connectivity index (χ0v) is 10.4. The second-order valence-electron chi connectivity index (χ2n) is 3.85. The lowest BCUT2D eigenvalue weighted by Crippen LogP contribution is -2.16. The van der Waals surface area contributed by atoms with Crippen LogP contribution in [-0.4, -0.2) is 11.7 Å². The molecule has 0 aromatic heterocycles. The van der Waals surface area contributed by atoms with Crippen LogP contribution < -0.4 is 5.73 Å². The second kappa shape index (κ2) is 5.05. The van der Waals surface area contributed by atoms with E-state index in [0.717, 1.165) is 5.56 Å². The second-order valence-corrected chi connectivity index (χ2v) is 4.70. The molecule has 1 atom stereocenters. The molecule has 0 aliphatic rings. The smallest absolute Gasteiger partial charge is 0.142 e. The van der Waals surface area contributed by atoms with Crippen molar-refractivity contribution in [3.8, 4) is 0 Å². The number of halogens is 2. The molecule has 0 saturated carbocycles. The summed E-state index contributed by atoms with van der Waals surface area (Å²) in [6.07, 6.45) is 0. The molecule has 0 amide bonds. The van der Waals surface area contributed by atoms with Gasteiger partial charge in [-0.2, -0.15) is 0 Å². The lowest BCUT2D eigenvalue weighted by molar-refractivity contribution is 0.265. The van der Waals surface area contributed by atoms with Crippen molar-refractivity contribution in [1.29, 1.82) is 0 Å². The number of hydrogen-bond donors (Lipinski definition) is 2. The lowest BCUT2D eigenvalue weighted by Gasteiger charge is -2.15. The van der Waals surface area contributed by atoms with Crippen molar-refractivity contribution in [3.05, 3.63) is 33.5 Å². The highest BCUT2D eigenvalue weighted by atomic mass is 79.9. The fourth-order valence-electron chi connectivity index (χ4n) is 1.33. The van der Waals surface area contributed by atoms with Gasteiger partial charge in [0.2, 0.25) is 0 Å². The summed E-state index contributed by atoms with van der Waals surface area (Å²) in [5.74, 6) is -0.0903. The summed E-state index contributed by atoms with van der Waals surface area (Å²) in [5.41, 5.74) is 6.98. The van der Waals surface area contributed by atoms with Gasteiger partial charge in [-0.15, -0.1) is 0 Å². The van der Waals surface area contributed by atoms with Crippen LogP contribution in [0.15, 0.2) is 16.6 Å². The zero-order valence-electron chi connectivity index (χ0n) is 8.80. The quantitative estimate of drug-likeness (QED) is 0.891. The molecule has 4 heteroatoms. The molecule has 3 N–H and O–H groups in total. The predicted molar refractivity (Wildman–Crippen MR) is 62.2 cm³/mol. The average molecular weight is 276 g/mol. The third kappa shape index (κ3) is 2.77. The maximum atomic E-state index is 13.6. The van der Waals surface area contributed by atoms with Gasteiger partial charge < -0.3 is 10.8 Å². The Morgan fingerprint density at radius 3 is 2.53 bits per heavy atom. The van der Waals surface area contributed by atoms with E-state index in [1.54, 1.807) is 12.1 Å². The van der Waals surface area contributed by atoms with Crippen molar-refractivity contribution in [3.63, 3.8) is 0 Å². The van der Waals surface area contributed by atoms with E-state index in [1.165, 1.54) is 0 Å². The van der Waals surface area contributed by atoms with Crippen molar-refractivity contribution in [2.75, 3.05) is 6.61 Å². The summed E-state index contributed by atoms with van der Waals surface area (Å²) < 4.78 is 14.0. The molecule has 0 fully saturated rings. The average Bonchev–Trinajstić information content (AvgIpc) is 2.20. The van der Waals surface area contributed by atoms with E-state index in [1.807, 2.05) is 13.8 Å². The molecule has 0 aliphatic heterocycles. The van der Waals surface area contributed by atoms with Gasteiger partial charge in [-0.3, -0.25) is 0 Å². The number of rotatable bonds is 3. The van der Waals surface area contributed by atoms with Crippen LogP contribution in [-0.2, 0) is 0 Å². The molecule has 0 aliphatic carbocycles. The van der Waals surface area contributed by atoms with Gasteiger partial charge in [0.25, 0.3) is 0 Å². The molecule has 1 rings (SSSR count). The Labute approximate surface area is 97.4 Å². The van der Waals surface area contributed by atoms with E-state index in [0.29, 0.717) is 16.0 Å². The summed E-state index contributed by atoms with van der Waals surface area (Å²) in [7, 11) is 0. The third-order valence-electron chi connectivity index (χ3n) is 2.34. The Bertz CT molecular complexity index is 355. The van der Waals surface area contributed by atoms with Gasteiger partial charge >= 0.3 is 0 Å². The van der Waals surface area contributed by atoms with Gasteiger partial charge in [0.05, 0.1) is 17.1 Å². The van der Waals surface area contributed by atoms with E-state index in [9.17, 15) is 4.39 Å². The zero-order chi connectivity index (χ0) is 11.6. The standard InChI is InChI=1S/C11H15BrFNO/c1-6(2)7-3-8(10(14)5-15)11(13)9(12)4-7/h3-4,6,10,15H,5,14H2,1-2H3. The number of aliphatic hydroxyl groups excluding tert-OH is 1. The topological polar surface area (TPSA) is 46.2 Å². The molecule has 84 valence electrons. The summed E-state index contributed by atoms with van der Waals surface area (Å²) in [4.78, 5) is 0. The molecule has 0 heterocycles.